The number of halogens is 5. The van der Waals surface area contributed by atoms with E-state index in [0.717, 1.165) is 6.92 Å². The predicted octanol–water partition coefficient (Wildman–Crippen LogP) is 4.94. The maximum absolute atomic E-state index is 14.8. The van der Waals surface area contributed by atoms with Gasteiger partial charge in [-0.1, -0.05) is 24.2 Å². The van der Waals surface area contributed by atoms with E-state index >= 15 is 0 Å². The van der Waals surface area contributed by atoms with E-state index in [0.29, 0.717) is 16.5 Å². The van der Waals surface area contributed by atoms with Gasteiger partial charge >= 0.3 is 17.8 Å². The average Bonchev–Trinajstić information content (AvgIpc) is 3.28. The zero-order valence-electron chi connectivity index (χ0n) is 18.1. The van der Waals surface area contributed by atoms with Crippen molar-refractivity contribution in [1.82, 2.24) is 10.2 Å². The van der Waals surface area contributed by atoms with Crippen LogP contribution in [0.2, 0.25) is 0 Å². The molecule has 0 radical (unpaired) electrons. The summed E-state index contributed by atoms with van der Waals surface area (Å²) < 4.78 is 77.6. The highest BCUT2D eigenvalue weighted by Gasteiger charge is 2.57. The van der Waals surface area contributed by atoms with Crippen molar-refractivity contribution in [2.24, 2.45) is 0 Å². The van der Waals surface area contributed by atoms with E-state index in [1.807, 2.05) is 0 Å². The Bertz CT molecular complexity index is 1420. The van der Waals surface area contributed by atoms with E-state index in [2.05, 4.69) is 15.5 Å². The fourth-order valence-corrected chi connectivity index (χ4v) is 3.52. The molecule has 0 aliphatic rings. The first-order chi connectivity index (χ1) is 16.5. The molecule has 4 rings (SSSR count). The minimum Gasteiger partial charge on any atom is -0.423 e. The van der Waals surface area contributed by atoms with Crippen LogP contribution in [0.3, 0.4) is 0 Å². The Hall–Kier alpha value is -3.80. The zero-order chi connectivity index (χ0) is 25.4. The van der Waals surface area contributed by atoms with Crippen LogP contribution in [-0.4, -0.2) is 28.0 Å². The van der Waals surface area contributed by atoms with Gasteiger partial charge < -0.3 is 19.3 Å². The molecule has 0 amide bonds. The molecule has 0 saturated carbocycles. The molecule has 2 N–H and O–H groups in total. The van der Waals surface area contributed by atoms with E-state index in [9.17, 15) is 31.9 Å². The zero-order valence-corrected chi connectivity index (χ0v) is 18.1. The van der Waals surface area contributed by atoms with Crippen LogP contribution in [0, 0.1) is 11.6 Å². The molecular formula is C23H18F5N3O4. The average molecular weight is 495 g/mol. The molecular weight excluding hydrogens is 477 g/mol. The number of fused-ring (bicyclic) bond motifs is 1. The number of hydrogen-bond donors (Lipinski definition) is 2. The summed E-state index contributed by atoms with van der Waals surface area (Å²) in [5, 5.41) is 19.5. The van der Waals surface area contributed by atoms with Gasteiger partial charge in [0, 0.05) is 18.0 Å². The highest BCUT2D eigenvalue weighted by Crippen LogP contribution is 2.41. The van der Waals surface area contributed by atoms with Gasteiger partial charge in [-0.05, 0) is 53.8 Å². The van der Waals surface area contributed by atoms with Gasteiger partial charge in [-0.15, -0.1) is 5.10 Å². The summed E-state index contributed by atoms with van der Waals surface area (Å²) in [5.74, 6) is -2.10. The third-order valence-electron chi connectivity index (χ3n) is 5.50. The molecule has 0 aliphatic heterocycles. The van der Waals surface area contributed by atoms with Crippen molar-refractivity contribution in [2.75, 3.05) is 11.9 Å². The highest BCUT2D eigenvalue weighted by molar-refractivity contribution is 5.93. The molecule has 1 atom stereocenters. The number of benzene rings is 2. The lowest BCUT2D eigenvalue weighted by molar-refractivity contribution is -0.275. The molecule has 2 aromatic carbocycles. The summed E-state index contributed by atoms with van der Waals surface area (Å²) in [6, 6.07) is 8.65. The fourth-order valence-electron chi connectivity index (χ4n) is 3.52. The number of nitrogens with zero attached hydrogens (tertiary/aromatic N) is 2. The third kappa shape index (κ3) is 4.74. The molecule has 4 aromatic rings. The van der Waals surface area contributed by atoms with Gasteiger partial charge in [0.2, 0.25) is 5.60 Å². The SMILES string of the molecule is CC[C@@](O)(c1nnc(NCCc2cc3oc(=O)cc(-c4ccc(F)cc4)c3cc2F)o1)C(F)(F)F. The van der Waals surface area contributed by atoms with Gasteiger partial charge in [0.05, 0.1) is 0 Å². The maximum Gasteiger partial charge on any atom is 0.426 e. The number of nitrogens with one attached hydrogen (secondary N) is 1. The number of rotatable bonds is 7. The minimum atomic E-state index is -5.02. The summed E-state index contributed by atoms with van der Waals surface area (Å²) in [5.41, 5.74) is -2.86. The van der Waals surface area contributed by atoms with Crippen molar-refractivity contribution in [3.05, 3.63) is 76.0 Å². The van der Waals surface area contributed by atoms with Gasteiger partial charge in [-0.3, -0.25) is 0 Å². The molecule has 7 nitrogen and oxygen atoms in total. The molecule has 0 aliphatic carbocycles. The highest BCUT2D eigenvalue weighted by atomic mass is 19.4. The Balaban J connectivity index is 1.54. The summed E-state index contributed by atoms with van der Waals surface area (Å²) >= 11 is 0. The second-order valence-electron chi connectivity index (χ2n) is 7.73. The lowest BCUT2D eigenvalue weighted by Crippen LogP contribution is -2.42. The monoisotopic (exact) mass is 495 g/mol. The quantitative estimate of drug-likeness (QED) is 0.277. The molecule has 184 valence electrons. The van der Waals surface area contributed by atoms with Crippen LogP contribution < -0.4 is 10.9 Å². The molecule has 0 fully saturated rings. The molecule has 12 heteroatoms. The largest absolute Gasteiger partial charge is 0.426 e. The number of hydrogen-bond acceptors (Lipinski definition) is 7. The Labute approximate surface area is 194 Å². The molecule has 2 heterocycles. The van der Waals surface area contributed by atoms with E-state index in [-0.39, 0.29) is 30.1 Å². The number of anilines is 1. The Morgan fingerprint density at radius 3 is 2.40 bits per heavy atom. The Kier molecular flexibility index (Phi) is 6.32. The Morgan fingerprint density at radius 2 is 1.74 bits per heavy atom. The van der Waals surface area contributed by atoms with Gasteiger partial charge in [0.1, 0.15) is 17.2 Å². The first-order valence-corrected chi connectivity index (χ1v) is 10.4. The summed E-state index contributed by atoms with van der Waals surface area (Å²) in [7, 11) is 0. The van der Waals surface area contributed by atoms with Crippen LogP contribution in [0.25, 0.3) is 22.1 Å². The van der Waals surface area contributed by atoms with Gasteiger partial charge in [-0.25, -0.2) is 13.6 Å². The van der Waals surface area contributed by atoms with Crippen LogP contribution in [0.5, 0.6) is 0 Å². The van der Waals surface area contributed by atoms with Crippen LogP contribution in [0.4, 0.5) is 28.0 Å². The van der Waals surface area contributed by atoms with Crippen molar-refractivity contribution in [3.63, 3.8) is 0 Å². The normalized spacial score (nSPS) is 13.7. The van der Waals surface area contributed by atoms with Crippen molar-refractivity contribution >= 4 is 17.0 Å². The first-order valence-electron chi connectivity index (χ1n) is 10.4. The fraction of sp³-hybridized carbons (Fsp3) is 0.261. The van der Waals surface area contributed by atoms with E-state index in [1.165, 1.54) is 42.5 Å². The second-order valence-corrected chi connectivity index (χ2v) is 7.73. The van der Waals surface area contributed by atoms with Crippen LogP contribution in [0.15, 0.2) is 56.1 Å². The molecule has 35 heavy (non-hydrogen) atoms. The van der Waals surface area contributed by atoms with E-state index < -0.39 is 41.3 Å². The van der Waals surface area contributed by atoms with Gasteiger partial charge in [0.15, 0.2) is 0 Å². The smallest absolute Gasteiger partial charge is 0.423 e. The minimum absolute atomic E-state index is 0.0152. The second kappa shape index (κ2) is 9.10. The summed E-state index contributed by atoms with van der Waals surface area (Å²) in [6.07, 6.45) is -5.73. The summed E-state index contributed by atoms with van der Waals surface area (Å²) in [4.78, 5) is 12.0. The van der Waals surface area contributed by atoms with E-state index in [4.69, 9.17) is 8.83 Å². The van der Waals surface area contributed by atoms with E-state index in [1.54, 1.807) is 0 Å². The summed E-state index contributed by atoms with van der Waals surface area (Å²) in [6.45, 7) is 1.09. The number of alkyl halides is 3. The van der Waals surface area contributed by atoms with Crippen LogP contribution >= 0.6 is 0 Å². The predicted molar refractivity (Wildman–Crippen MR) is 115 cm³/mol. The standard InChI is InChI=1S/C23H18F5N3O4/c1-2-22(33,23(26,27)28)20-30-31-21(35-20)29-8-7-13-9-18-16(10-17(13)25)15(11-19(32)34-18)12-3-5-14(24)6-4-12/h3-6,9-11,33H,2,7-8H2,1H3,(H,29,31)/t22-/m1/s1. The van der Waals surface area contributed by atoms with Crippen molar-refractivity contribution in [2.45, 2.75) is 31.5 Å². The lowest BCUT2D eigenvalue weighted by atomic mass is 10.00. The van der Waals surface area contributed by atoms with Gasteiger partial charge in [-0.2, -0.15) is 13.2 Å². The first kappa shape index (κ1) is 24.3. The molecule has 0 bridgehead atoms. The van der Waals surface area contributed by atoms with Crippen molar-refractivity contribution in [3.8, 4) is 11.1 Å². The molecule has 0 unspecified atom stereocenters. The van der Waals surface area contributed by atoms with Gasteiger partial charge in [0.25, 0.3) is 5.89 Å². The maximum atomic E-state index is 14.8. The lowest BCUT2D eigenvalue weighted by Gasteiger charge is -2.25. The van der Waals surface area contributed by atoms with Crippen molar-refractivity contribution < 1.29 is 35.9 Å². The molecule has 2 aromatic heterocycles. The Morgan fingerprint density at radius 1 is 1.03 bits per heavy atom. The van der Waals surface area contributed by atoms with Crippen LogP contribution in [-0.2, 0) is 12.0 Å². The number of aliphatic hydroxyl groups is 1. The molecule has 0 spiro atoms. The third-order valence-corrected chi connectivity index (χ3v) is 5.50. The van der Waals surface area contributed by atoms with Crippen LogP contribution in [0.1, 0.15) is 24.8 Å². The van der Waals surface area contributed by atoms with Crippen molar-refractivity contribution in [1.29, 1.82) is 0 Å². The number of aromatic nitrogens is 2. The molecule has 0 saturated heterocycles. The topological polar surface area (TPSA) is 101 Å².